The lowest BCUT2D eigenvalue weighted by Crippen LogP contribution is -2.62. The molecule has 2 aromatic carbocycles. The van der Waals surface area contributed by atoms with E-state index in [1.54, 1.807) is 0 Å². The molecule has 0 aliphatic carbocycles. The van der Waals surface area contributed by atoms with Gasteiger partial charge in [0.15, 0.2) is 18.2 Å². The molecule has 3 fully saturated rings. The lowest BCUT2D eigenvalue weighted by Gasteiger charge is -2.43. The molecule has 18 heteroatoms. The van der Waals surface area contributed by atoms with Crippen LogP contribution in [0.3, 0.4) is 0 Å². The number of aromatic hydroxyl groups is 2. The summed E-state index contributed by atoms with van der Waals surface area (Å²) in [5, 5.41) is 103. The SMILES string of the molecule is C[C@@H]1O[C@@H](Oc2cc(O)c3c(=O)c(O[C@@H]4OC[C@H](O)[C@H](O)[C@H]4O[C@@H]4O[C@@H](C)[C@H](O)[C@@H](O)[C@H]4O)c(-c4ccc(O)cc4)oc3c2)[C@H](O)[C@H](O)[C@H]1O. The molecule has 0 amide bonds. The molecule has 10 N–H and O–H groups in total. The van der Waals surface area contributed by atoms with E-state index in [-0.39, 0.29) is 28.4 Å². The molecule has 6 rings (SSSR count). The molecule has 3 aromatic rings. The van der Waals surface area contributed by atoms with Crippen molar-refractivity contribution in [1.29, 1.82) is 0 Å². The predicted molar refractivity (Wildman–Crippen MR) is 164 cm³/mol. The van der Waals surface area contributed by atoms with Crippen molar-refractivity contribution < 1.29 is 83.9 Å². The third-order valence-corrected chi connectivity index (χ3v) is 8.86. The minimum Gasteiger partial charge on any atom is -0.508 e. The van der Waals surface area contributed by atoms with Crippen LogP contribution in [0.2, 0.25) is 0 Å². The minimum absolute atomic E-state index is 0.131. The van der Waals surface area contributed by atoms with E-state index < -0.39 is 115 Å². The van der Waals surface area contributed by atoms with Gasteiger partial charge in [-0.05, 0) is 38.1 Å². The monoisotopic (exact) mass is 710 g/mol. The first-order chi connectivity index (χ1) is 23.7. The van der Waals surface area contributed by atoms with Crippen molar-refractivity contribution in [3.8, 4) is 34.3 Å². The number of phenolic OH excluding ortho intramolecular Hbond substituents is 2. The zero-order chi connectivity index (χ0) is 36.2. The standard InChI is InChI=1S/C32H38O18/c1-10-19(36)23(40)25(42)30(45-10)47-14-7-15(34)18-17(8-14)48-27(12-3-5-13(33)6-4-12)28(22(18)39)49-32-29(21(38)16(35)9-44-32)50-31-26(43)24(41)20(37)11(2)46-31/h3-8,10-11,16,19-21,23-26,29-38,40-43H,9H2,1-2H3/t10-,11-,16-,19-,20-,21-,23+,24+,25+,26+,29+,30-,31-,32-/m0/s1. The summed E-state index contributed by atoms with van der Waals surface area (Å²) in [6.45, 7) is 2.34. The molecule has 1 aromatic heterocycles. The quantitative estimate of drug-likeness (QED) is 0.124. The number of hydrogen-bond acceptors (Lipinski definition) is 18. The highest BCUT2D eigenvalue weighted by atomic mass is 16.8. The first-order valence-electron chi connectivity index (χ1n) is 15.6. The molecule has 50 heavy (non-hydrogen) atoms. The van der Waals surface area contributed by atoms with Crippen LogP contribution < -0.4 is 14.9 Å². The fourth-order valence-corrected chi connectivity index (χ4v) is 5.89. The maximum Gasteiger partial charge on any atom is 0.239 e. The lowest BCUT2D eigenvalue weighted by molar-refractivity contribution is -0.344. The Kier molecular flexibility index (Phi) is 10.3. The average Bonchev–Trinajstić information content (AvgIpc) is 3.08. The number of hydrogen-bond donors (Lipinski definition) is 10. The van der Waals surface area contributed by atoms with E-state index in [1.807, 2.05) is 0 Å². The van der Waals surface area contributed by atoms with Gasteiger partial charge >= 0.3 is 0 Å². The van der Waals surface area contributed by atoms with Crippen LogP contribution in [0.5, 0.6) is 23.0 Å². The zero-order valence-corrected chi connectivity index (χ0v) is 26.5. The minimum atomic E-state index is -1.81. The van der Waals surface area contributed by atoms with E-state index in [0.717, 1.165) is 6.07 Å². The Morgan fingerprint density at radius 1 is 0.700 bits per heavy atom. The van der Waals surface area contributed by atoms with Gasteiger partial charge in [-0.3, -0.25) is 4.79 Å². The Morgan fingerprint density at radius 3 is 1.94 bits per heavy atom. The number of fused-ring (bicyclic) bond motifs is 1. The predicted octanol–water partition coefficient (Wildman–Crippen LogP) is -2.25. The molecule has 0 radical (unpaired) electrons. The number of benzene rings is 2. The first kappa shape index (κ1) is 36.2. The molecular weight excluding hydrogens is 672 g/mol. The van der Waals surface area contributed by atoms with E-state index in [2.05, 4.69) is 0 Å². The summed E-state index contributed by atoms with van der Waals surface area (Å²) in [4.78, 5) is 14.1. The maximum absolute atomic E-state index is 14.1. The van der Waals surface area contributed by atoms with Gasteiger partial charge in [-0.1, -0.05) is 0 Å². The summed E-state index contributed by atoms with van der Waals surface area (Å²) in [5.41, 5.74) is -1.05. The van der Waals surface area contributed by atoms with Crippen molar-refractivity contribution in [3.05, 3.63) is 46.6 Å². The summed E-state index contributed by atoms with van der Waals surface area (Å²) in [6, 6.07) is 7.52. The summed E-state index contributed by atoms with van der Waals surface area (Å²) >= 11 is 0. The molecule has 0 bridgehead atoms. The van der Waals surface area contributed by atoms with Gasteiger partial charge in [-0.25, -0.2) is 0 Å². The molecule has 4 heterocycles. The van der Waals surface area contributed by atoms with Gasteiger partial charge in [0, 0.05) is 17.7 Å². The number of aliphatic hydroxyl groups is 8. The van der Waals surface area contributed by atoms with Crippen molar-refractivity contribution in [2.24, 2.45) is 0 Å². The number of ether oxygens (including phenoxy) is 6. The van der Waals surface area contributed by atoms with Crippen LogP contribution >= 0.6 is 0 Å². The molecule has 274 valence electrons. The van der Waals surface area contributed by atoms with E-state index in [1.165, 1.54) is 44.2 Å². The zero-order valence-electron chi connectivity index (χ0n) is 26.5. The van der Waals surface area contributed by atoms with E-state index in [4.69, 9.17) is 32.8 Å². The highest BCUT2D eigenvalue weighted by Crippen LogP contribution is 2.39. The van der Waals surface area contributed by atoms with Crippen LogP contribution in [0.15, 0.2) is 45.6 Å². The Labute approximate surface area is 282 Å². The highest BCUT2D eigenvalue weighted by molar-refractivity contribution is 5.88. The maximum atomic E-state index is 14.1. The second-order valence-corrected chi connectivity index (χ2v) is 12.4. The molecule has 3 saturated heterocycles. The molecule has 18 nitrogen and oxygen atoms in total. The summed E-state index contributed by atoms with van der Waals surface area (Å²) in [7, 11) is 0. The molecule has 3 aliphatic heterocycles. The third-order valence-electron chi connectivity index (χ3n) is 8.86. The van der Waals surface area contributed by atoms with Crippen molar-refractivity contribution in [3.63, 3.8) is 0 Å². The van der Waals surface area contributed by atoms with Crippen LogP contribution in [-0.4, -0.2) is 144 Å². The number of aliphatic hydroxyl groups excluding tert-OH is 8. The third kappa shape index (κ3) is 6.73. The van der Waals surface area contributed by atoms with Crippen molar-refractivity contribution in [1.82, 2.24) is 0 Å². The molecule has 14 atom stereocenters. The van der Waals surface area contributed by atoms with Gasteiger partial charge in [0.2, 0.25) is 23.8 Å². The van der Waals surface area contributed by atoms with E-state index in [9.17, 15) is 55.9 Å². The number of rotatable bonds is 7. The van der Waals surface area contributed by atoms with Gasteiger partial charge in [-0.2, -0.15) is 0 Å². The van der Waals surface area contributed by atoms with Crippen LogP contribution in [0.4, 0.5) is 0 Å². The summed E-state index contributed by atoms with van der Waals surface area (Å²) < 4.78 is 39.9. The number of phenols is 2. The van der Waals surface area contributed by atoms with Crippen LogP contribution in [0.1, 0.15) is 13.8 Å². The largest absolute Gasteiger partial charge is 0.508 e. The smallest absolute Gasteiger partial charge is 0.239 e. The average molecular weight is 711 g/mol. The Balaban J connectivity index is 1.38. The first-order valence-corrected chi connectivity index (χ1v) is 15.6. The summed E-state index contributed by atoms with van der Waals surface area (Å²) in [6.07, 6.45) is -21.5. The van der Waals surface area contributed by atoms with Crippen molar-refractivity contribution >= 4 is 11.0 Å². The van der Waals surface area contributed by atoms with Gasteiger partial charge in [0.1, 0.15) is 77.0 Å². The van der Waals surface area contributed by atoms with Gasteiger partial charge in [0.05, 0.1) is 18.8 Å². The summed E-state index contributed by atoms with van der Waals surface area (Å²) in [5.74, 6) is -1.84. The fraction of sp³-hybridized carbons (Fsp3) is 0.531. The highest BCUT2D eigenvalue weighted by Gasteiger charge is 2.49. The van der Waals surface area contributed by atoms with Gasteiger partial charge < -0.3 is 83.9 Å². The molecule has 0 unspecified atom stereocenters. The second-order valence-electron chi connectivity index (χ2n) is 12.4. The van der Waals surface area contributed by atoms with Crippen LogP contribution in [-0.2, 0) is 18.9 Å². The molecule has 0 saturated carbocycles. The van der Waals surface area contributed by atoms with E-state index >= 15 is 0 Å². The van der Waals surface area contributed by atoms with Crippen LogP contribution in [0.25, 0.3) is 22.3 Å². The van der Waals surface area contributed by atoms with Crippen molar-refractivity contribution in [2.45, 2.75) is 99.9 Å². The van der Waals surface area contributed by atoms with Crippen LogP contribution in [0, 0.1) is 0 Å². The van der Waals surface area contributed by atoms with Crippen molar-refractivity contribution in [2.75, 3.05) is 6.61 Å². The Bertz CT molecular complexity index is 1710. The topological polar surface area (TPSA) is 288 Å². The normalized spacial score (nSPS) is 37.8. The van der Waals surface area contributed by atoms with Gasteiger partial charge in [-0.15, -0.1) is 0 Å². The molecule has 3 aliphatic rings. The van der Waals surface area contributed by atoms with Gasteiger partial charge in [0.25, 0.3) is 0 Å². The fourth-order valence-electron chi connectivity index (χ4n) is 5.89. The molecular formula is C32H38O18. The molecule has 0 spiro atoms. The Morgan fingerprint density at radius 2 is 1.30 bits per heavy atom. The van der Waals surface area contributed by atoms with E-state index in [0.29, 0.717) is 0 Å². The Hall–Kier alpha value is -3.63. The second kappa shape index (κ2) is 14.2. The lowest BCUT2D eigenvalue weighted by atomic mass is 9.99.